The lowest BCUT2D eigenvalue weighted by atomic mass is 10.2. The van der Waals surface area contributed by atoms with Crippen LogP contribution < -0.4 is 5.32 Å². The molecule has 0 radical (unpaired) electrons. The predicted molar refractivity (Wildman–Crippen MR) is 115 cm³/mol. The summed E-state index contributed by atoms with van der Waals surface area (Å²) in [6, 6.07) is 12.8. The van der Waals surface area contributed by atoms with Crippen LogP contribution in [0.1, 0.15) is 30.5 Å². The molecule has 1 N–H and O–H groups in total. The van der Waals surface area contributed by atoms with Crippen molar-refractivity contribution in [2.45, 2.75) is 36.2 Å². The number of carbonyl (C=O) groups is 1. The number of carbonyl (C=O) groups excluding carboxylic acids is 1. The number of aromatic nitrogens is 2. The van der Waals surface area contributed by atoms with E-state index in [-0.39, 0.29) is 5.57 Å². The van der Waals surface area contributed by atoms with Gasteiger partial charge in [-0.1, -0.05) is 48.0 Å². The average molecular weight is 445 g/mol. The van der Waals surface area contributed by atoms with Gasteiger partial charge >= 0.3 is 0 Å². The molecule has 0 saturated carbocycles. The zero-order valence-electron chi connectivity index (χ0n) is 15.5. The van der Waals surface area contributed by atoms with Gasteiger partial charge in [0.05, 0.1) is 0 Å². The number of aryl methyl sites for hydroxylation is 1. The van der Waals surface area contributed by atoms with Crippen molar-refractivity contribution in [1.29, 1.82) is 5.26 Å². The van der Waals surface area contributed by atoms with Crippen molar-refractivity contribution in [1.82, 2.24) is 10.2 Å². The molecule has 0 fully saturated rings. The number of unbranched alkanes of at least 4 members (excludes halogenated alkanes) is 1. The van der Waals surface area contributed by atoms with E-state index in [1.807, 2.05) is 18.2 Å². The second-order valence-corrected chi connectivity index (χ2v) is 8.52. The first-order valence-electron chi connectivity index (χ1n) is 8.86. The Morgan fingerprint density at radius 3 is 2.83 bits per heavy atom. The average Bonchev–Trinajstić information content (AvgIpc) is 3.35. The van der Waals surface area contributed by atoms with Crippen LogP contribution in [-0.2, 0) is 11.2 Å². The number of amides is 1. The summed E-state index contributed by atoms with van der Waals surface area (Å²) in [5.74, 6) is -0.136. The third-order valence-corrected chi connectivity index (χ3v) is 5.80. The van der Waals surface area contributed by atoms with E-state index < -0.39 is 5.91 Å². The fourth-order valence-corrected chi connectivity index (χ4v) is 3.96. The van der Waals surface area contributed by atoms with Gasteiger partial charge in [0.1, 0.15) is 22.4 Å². The molecule has 0 spiro atoms. The minimum Gasteiger partial charge on any atom is -0.450 e. The minimum atomic E-state index is -0.547. The Hall–Kier alpha value is -2.60. The molecular weight excluding hydrogens is 428 g/mol. The smallest absolute Gasteiger partial charge is 0.268 e. The van der Waals surface area contributed by atoms with Gasteiger partial charge in [0, 0.05) is 22.4 Å². The fourth-order valence-electron chi connectivity index (χ4n) is 2.27. The lowest BCUT2D eigenvalue weighted by molar-refractivity contribution is -0.112. The Balaban J connectivity index is 1.65. The van der Waals surface area contributed by atoms with Crippen LogP contribution >= 0.6 is 34.7 Å². The van der Waals surface area contributed by atoms with Crippen molar-refractivity contribution < 1.29 is 9.21 Å². The van der Waals surface area contributed by atoms with Gasteiger partial charge in [-0.3, -0.25) is 10.1 Å². The van der Waals surface area contributed by atoms with Gasteiger partial charge in [-0.15, -0.1) is 10.2 Å². The second-order valence-electron chi connectivity index (χ2n) is 5.94. The summed E-state index contributed by atoms with van der Waals surface area (Å²) >= 11 is 8.62. The van der Waals surface area contributed by atoms with Gasteiger partial charge in [-0.2, -0.15) is 5.26 Å². The number of hydrogen-bond donors (Lipinski definition) is 1. The van der Waals surface area contributed by atoms with Crippen LogP contribution in [0.15, 0.2) is 56.4 Å². The molecular formula is C20H17ClN4O2S2. The third kappa shape index (κ3) is 6.19. The van der Waals surface area contributed by atoms with E-state index in [1.54, 1.807) is 24.3 Å². The standard InChI is InChI=1S/C20H17ClN4O2S2/c1-2-3-4-17-24-25-20(29-17)23-19(26)13(12-22)11-15-7-10-18(27-15)28-16-8-5-14(21)6-9-16/h5-11H,2-4H2,1H3,(H,23,25,26)/b13-11-. The van der Waals surface area contributed by atoms with Crippen LogP contribution in [-0.4, -0.2) is 16.1 Å². The van der Waals surface area contributed by atoms with Crippen LogP contribution in [0, 0.1) is 11.3 Å². The maximum absolute atomic E-state index is 12.4. The summed E-state index contributed by atoms with van der Waals surface area (Å²) in [4.78, 5) is 13.3. The van der Waals surface area contributed by atoms with Crippen LogP contribution in [0.25, 0.3) is 6.08 Å². The van der Waals surface area contributed by atoms with Crippen molar-refractivity contribution in [3.63, 3.8) is 0 Å². The van der Waals surface area contributed by atoms with Gasteiger partial charge in [0.25, 0.3) is 5.91 Å². The van der Waals surface area contributed by atoms with Gasteiger partial charge < -0.3 is 4.42 Å². The zero-order valence-corrected chi connectivity index (χ0v) is 17.9. The highest BCUT2D eigenvalue weighted by Gasteiger charge is 2.14. The SMILES string of the molecule is CCCCc1nnc(NC(=O)/C(C#N)=C\c2ccc(Sc3ccc(Cl)cc3)o2)s1. The third-order valence-electron chi connectivity index (χ3n) is 3.72. The molecule has 1 amide bonds. The van der Waals surface area contributed by atoms with Crippen molar-refractivity contribution in [2.75, 3.05) is 5.32 Å². The number of anilines is 1. The van der Waals surface area contributed by atoms with Crippen LogP contribution in [0.2, 0.25) is 5.02 Å². The second kappa shape index (κ2) is 10.3. The molecule has 148 valence electrons. The topological polar surface area (TPSA) is 91.8 Å². The summed E-state index contributed by atoms with van der Waals surface area (Å²) in [6.45, 7) is 2.10. The summed E-state index contributed by atoms with van der Waals surface area (Å²) < 4.78 is 5.70. The first kappa shape index (κ1) is 21.1. The highest BCUT2D eigenvalue weighted by molar-refractivity contribution is 7.99. The van der Waals surface area contributed by atoms with Gasteiger partial charge in [-0.25, -0.2) is 0 Å². The highest BCUT2D eigenvalue weighted by atomic mass is 35.5. The van der Waals surface area contributed by atoms with E-state index in [4.69, 9.17) is 16.0 Å². The fraction of sp³-hybridized carbons (Fsp3) is 0.200. The zero-order chi connectivity index (χ0) is 20.6. The Morgan fingerprint density at radius 1 is 1.31 bits per heavy atom. The maximum atomic E-state index is 12.4. The predicted octanol–water partition coefficient (Wildman–Crippen LogP) is 5.82. The first-order chi connectivity index (χ1) is 14.1. The molecule has 3 rings (SSSR count). The van der Waals surface area contributed by atoms with Crippen LogP contribution in [0.4, 0.5) is 5.13 Å². The quantitative estimate of drug-likeness (QED) is 0.347. The van der Waals surface area contributed by atoms with Crippen molar-refractivity contribution in [3.8, 4) is 6.07 Å². The molecule has 1 aromatic carbocycles. The largest absolute Gasteiger partial charge is 0.450 e. The molecule has 0 bridgehead atoms. The highest BCUT2D eigenvalue weighted by Crippen LogP contribution is 2.30. The molecule has 0 saturated heterocycles. The van der Waals surface area contributed by atoms with E-state index >= 15 is 0 Å². The first-order valence-corrected chi connectivity index (χ1v) is 10.9. The maximum Gasteiger partial charge on any atom is 0.268 e. The molecule has 29 heavy (non-hydrogen) atoms. The number of hydrogen-bond acceptors (Lipinski definition) is 7. The molecule has 0 atom stereocenters. The summed E-state index contributed by atoms with van der Waals surface area (Å²) in [5, 5.41) is 22.5. The summed E-state index contributed by atoms with van der Waals surface area (Å²) in [7, 11) is 0. The van der Waals surface area contributed by atoms with E-state index in [0.717, 1.165) is 29.2 Å². The molecule has 0 aliphatic heterocycles. The Morgan fingerprint density at radius 2 is 2.10 bits per heavy atom. The van der Waals surface area contributed by atoms with E-state index in [2.05, 4.69) is 22.4 Å². The van der Waals surface area contributed by atoms with Crippen LogP contribution in [0.3, 0.4) is 0 Å². The van der Waals surface area contributed by atoms with Crippen molar-refractivity contribution in [2.24, 2.45) is 0 Å². The molecule has 2 heterocycles. The molecule has 3 aromatic rings. The Labute approximate surface area is 181 Å². The van der Waals surface area contributed by atoms with E-state index in [9.17, 15) is 10.1 Å². The van der Waals surface area contributed by atoms with Gasteiger partial charge in [0.2, 0.25) is 5.13 Å². The number of nitrogens with one attached hydrogen (secondary N) is 1. The van der Waals surface area contributed by atoms with Crippen molar-refractivity contribution in [3.05, 3.63) is 57.8 Å². The van der Waals surface area contributed by atoms with E-state index in [0.29, 0.717) is 21.0 Å². The molecule has 6 nitrogen and oxygen atoms in total. The normalized spacial score (nSPS) is 11.3. The number of furan rings is 1. The number of nitrogens with zero attached hydrogens (tertiary/aromatic N) is 3. The van der Waals surface area contributed by atoms with Gasteiger partial charge in [0.15, 0.2) is 5.09 Å². The number of rotatable bonds is 8. The lowest BCUT2D eigenvalue weighted by Crippen LogP contribution is -2.13. The Bertz CT molecular complexity index is 1050. The number of halogens is 1. The lowest BCUT2D eigenvalue weighted by Gasteiger charge is -1.99. The monoisotopic (exact) mass is 444 g/mol. The number of benzene rings is 1. The molecule has 2 aromatic heterocycles. The minimum absolute atomic E-state index is 0.0762. The van der Waals surface area contributed by atoms with Gasteiger partial charge in [-0.05, 0) is 42.8 Å². The molecule has 0 aliphatic rings. The summed E-state index contributed by atoms with van der Waals surface area (Å²) in [5.41, 5.74) is -0.0762. The molecule has 0 aliphatic carbocycles. The molecule has 0 unspecified atom stereocenters. The number of nitriles is 1. The summed E-state index contributed by atoms with van der Waals surface area (Å²) in [6.07, 6.45) is 4.30. The molecule has 9 heteroatoms. The van der Waals surface area contributed by atoms with Crippen molar-refractivity contribution >= 4 is 51.8 Å². The van der Waals surface area contributed by atoms with E-state index in [1.165, 1.54) is 29.2 Å². The van der Waals surface area contributed by atoms with Crippen LogP contribution in [0.5, 0.6) is 0 Å². The Kier molecular flexibility index (Phi) is 7.47.